The number of nitrogens with zero attached hydrogens (tertiary/aromatic N) is 3. The third-order valence-corrected chi connectivity index (χ3v) is 6.05. The van der Waals surface area contributed by atoms with Crippen molar-refractivity contribution in [2.45, 2.75) is 6.92 Å². The molecule has 4 rings (SSSR count). The van der Waals surface area contributed by atoms with Crippen molar-refractivity contribution in [3.8, 4) is 5.75 Å². The number of aryl methyl sites for hydroxylation is 1. The number of Topliss-reactive ketones (excluding diaryl/α,β-unsaturated/α-hetero) is 1. The lowest BCUT2D eigenvalue weighted by Gasteiger charge is -2.34. The highest BCUT2D eigenvalue weighted by molar-refractivity contribution is 6.10. The number of urea groups is 1. The molecular formula is C24H28N4O3. The fourth-order valence-electron chi connectivity index (χ4n) is 4.14. The Bertz CT molecular complexity index is 1100. The van der Waals surface area contributed by atoms with Gasteiger partial charge in [0.15, 0.2) is 5.78 Å². The zero-order chi connectivity index (χ0) is 22.0. The van der Waals surface area contributed by atoms with Crippen molar-refractivity contribution >= 4 is 28.4 Å². The van der Waals surface area contributed by atoms with Gasteiger partial charge >= 0.3 is 6.03 Å². The van der Waals surface area contributed by atoms with E-state index in [1.54, 1.807) is 12.0 Å². The van der Waals surface area contributed by atoms with Crippen LogP contribution < -0.4 is 10.1 Å². The molecular weight excluding hydrogens is 392 g/mol. The molecule has 0 unspecified atom stereocenters. The summed E-state index contributed by atoms with van der Waals surface area (Å²) in [4.78, 5) is 29.6. The molecule has 0 bridgehead atoms. The van der Waals surface area contributed by atoms with Crippen LogP contribution in [-0.2, 0) is 7.05 Å². The van der Waals surface area contributed by atoms with Crippen molar-refractivity contribution in [3.63, 3.8) is 0 Å². The number of ether oxygens (including phenoxy) is 1. The van der Waals surface area contributed by atoms with Gasteiger partial charge in [0.2, 0.25) is 0 Å². The first-order valence-corrected chi connectivity index (χ1v) is 10.5. The van der Waals surface area contributed by atoms with Crippen LogP contribution in [0.4, 0.5) is 10.5 Å². The normalized spacial score (nSPS) is 14.6. The van der Waals surface area contributed by atoms with Crippen LogP contribution in [0.15, 0.2) is 48.5 Å². The average molecular weight is 421 g/mol. The molecule has 1 aliphatic rings. The van der Waals surface area contributed by atoms with Crippen LogP contribution >= 0.6 is 0 Å². The highest BCUT2D eigenvalue weighted by atomic mass is 16.5. The van der Waals surface area contributed by atoms with Gasteiger partial charge in [0.25, 0.3) is 0 Å². The molecule has 0 aliphatic carbocycles. The van der Waals surface area contributed by atoms with Crippen LogP contribution in [0.2, 0.25) is 0 Å². The van der Waals surface area contributed by atoms with Crippen molar-refractivity contribution < 1.29 is 14.3 Å². The van der Waals surface area contributed by atoms with Crippen LogP contribution in [-0.4, -0.2) is 66.0 Å². The van der Waals surface area contributed by atoms with Crippen molar-refractivity contribution in [2.24, 2.45) is 7.05 Å². The third-order valence-electron chi connectivity index (χ3n) is 6.05. The maximum Gasteiger partial charge on any atom is 0.321 e. The second kappa shape index (κ2) is 8.81. The molecule has 2 aromatic carbocycles. The Kier molecular flexibility index (Phi) is 5.95. The van der Waals surface area contributed by atoms with Gasteiger partial charge in [-0.05, 0) is 37.3 Å². The molecule has 2 heterocycles. The summed E-state index contributed by atoms with van der Waals surface area (Å²) in [5.74, 6) is 0.878. The molecule has 3 aromatic rings. The van der Waals surface area contributed by atoms with Gasteiger partial charge in [0, 0.05) is 61.1 Å². The van der Waals surface area contributed by atoms with E-state index in [1.165, 1.54) is 0 Å². The lowest BCUT2D eigenvalue weighted by atomic mass is 10.1. The van der Waals surface area contributed by atoms with E-state index < -0.39 is 0 Å². The Balaban J connectivity index is 1.34. The van der Waals surface area contributed by atoms with E-state index in [0.29, 0.717) is 32.7 Å². The fraction of sp³-hybridized carbons (Fsp3) is 0.333. The Morgan fingerprint density at radius 1 is 1.00 bits per heavy atom. The van der Waals surface area contributed by atoms with E-state index in [9.17, 15) is 9.59 Å². The van der Waals surface area contributed by atoms with Crippen molar-refractivity contribution in [1.29, 1.82) is 0 Å². The highest BCUT2D eigenvalue weighted by Crippen LogP contribution is 2.25. The molecule has 7 heteroatoms. The topological polar surface area (TPSA) is 66.8 Å². The second-order valence-electron chi connectivity index (χ2n) is 7.88. The number of rotatable bonds is 5. The Morgan fingerprint density at radius 3 is 2.35 bits per heavy atom. The number of fused-ring (bicyclic) bond motifs is 1. The van der Waals surface area contributed by atoms with Gasteiger partial charge in [-0.3, -0.25) is 9.69 Å². The predicted octanol–water partition coefficient (Wildman–Crippen LogP) is 3.53. The van der Waals surface area contributed by atoms with Gasteiger partial charge in [-0.1, -0.05) is 18.2 Å². The first-order chi connectivity index (χ1) is 15.0. The summed E-state index contributed by atoms with van der Waals surface area (Å²) in [6, 6.07) is 15.2. The number of amides is 2. The number of nitrogens with one attached hydrogen (secondary N) is 1. The molecule has 31 heavy (non-hydrogen) atoms. The molecule has 0 saturated carbocycles. The van der Waals surface area contributed by atoms with Gasteiger partial charge in [-0.25, -0.2) is 4.79 Å². The van der Waals surface area contributed by atoms with E-state index in [-0.39, 0.29) is 11.8 Å². The first-order valence-electron chi connectivity index (χ1n) is 10.5. The van der Waals surface area contributed by atoms with Crippen LogP contribution in [0, 0.1) is 6.92 Å². The minimum absolute atomic E-state index is 0.124. The molecule has 1 aliphatic heterocycles. The number of hydrogen-bond acceptors (Lipinski definition) is 4. The summed E-state index contributed by atoms with van der Waals surface area (Å²) >= 11 is 0. The number of piperazine rings is 1. The van der Waals surface area contributed by atoms with Gasteiger partial charge in [0.1, 0.15) is 5.75 Å². The van der Waals surface area contributed by atoms with Crippen LogP contribution in [0.3, 0.4) is 0 Å². The minimum atomic E-state index is -0.124. The SMILES string of the molecule is COc1ccc(NC(=O)N2CCN(CC(=O)c3c(C)n(C)c4ccccc34)CC2)cc1. The summed E-state index contributed by atoms with van der Waals surface area (Å²) in [6.45, 7) is 4.88. The number of para-hydroxylation sites is 1. The Labute approximate surface area is 182 Å². The molecule has 0 radical (unpaired) electrons. The zero-order valence-electron chi connectivity index (χ0n) is 18.2. The van der Waals surface area contributed by atoms with E-state index in [0.717, 1.165) is 33.6 Å². The maximum atomic E-state index is 13.1. The maximum absolute atomic E-state index is 13.1. The molecule has 1 fully saturated rings. The summed E-state index contributed by atoms with van der Waals surface area (Å²) < 4.78 is 7.21. The van der Waals surface area contributed by atoms with Crippen molar-refractivity contribution in [1.82, 2.24) is 14.4 Å². The van der Waals surface area contributed by atoms with Crippen molar-refractivity contribution in [3.05, 3.63) is 59.8 Å². The number of ketones is 1. The molecule has 1 aromatic heterocycles. The number of carbonyl (C=O) groups is 2. The van der Waals surface area contributed by atoms with Crippen LogP contribution in [0.1, 0.15) is 16.1 Å². The highest BCUT2D eigenvalue weighted by Gasteiger charge is 2.25. The molecule has 1 N–H and O–H groups in total. The van der Waals surface area contributed by atoms with Gasteiger partial charge in [0.05, 0.1) is 13.7 Å². The molecule has 162 valence electrons. The number of benzene rings is 2. The van der Waals surface area contributed by atoms with E-state index in [4.69, 9.17) is 4.74 Å². The van der Waals surface area contributed by atoms with Crippen LogP contribution in [0.5, 0.6) is 5.75 Å². The third kappa shape index (κ3) is 4.27. The number of anilines is 1. The average Bonchev–Trinajstić information content (AvgIpc) is 3.05. The second-order valence-corrected chi connectivity index (χ2v) is 7.88. The summed E-state index contributed by atoms with van der Waals surface area (Å²) in [7, 11) is 3.61. The number of carbonyl (C=O) groups excluding carboxylic acids is 2. The number of hydrogen-bond donors (Lipinski definition) is 1. The van der Waals surface area contributed by atoms with Gasteiger partial charge < -0.3 is 19.5 Å². The molecule has 0 spiro atoms. The summed E-state index contributed by atoms with van der Waals surface area (Å²) in [5.41, 5.74) is 3.60. The standard InChI is InChI=1S/C24H28N4O3/c1-17-23(20-6-4-5-7-21(20)26(17)2)22(29)16-27-12-14-28(15-13-27)24(30)25-18-8-10-19(31-3)11-9-18/h4-11H,12-16H2,1-3H3,(H,25,30). The summed E-state index contributed by atoms with van der Waals surface area (Å²) in [6.07, 6.45) is 0. The molecule has 0 atom stereocenters. The number of methoxy groups -OCH3 is 1. The summed E-state index contributed by atoms with van der Waals surface area (Å²) in [5, 5.41) is 3.92. The lowest BCUT2D eigenvalue weighted by Crippen LogP contribution is -2.51. The first kappa shape index (κ1) is 20.9. The van der Waals surface area contributed by atoms with E-state index >= 15 is 0 Å². The predicted molar refractivity (Wildman–Crippen MR) is 122 cm³/mol. The molecule has 7 nitrogen and oxygen atoms in total. The Hall–Kier alpha value is -3.32. The smallest absolute Gasteiger partial charge is 0.321 e. The largest absolute Gasteiger partial charge is 0.497 e. The zero-order valence-corrected chi connectivity index (χ0v) is 18.2. The Morgan fingerprint density at radius 2 is 1.68 bits per heavy atom. The number of aromatic nitrogens is 1. The van der Waals surface area contributed by atoms with Crippen LogP contribution in [0.25, 0.3) is 10.9 Å². The minimum Gasteiger partial charge on any atom is -0.497 e. The van der Waals surface area contributed by atoms with Gasteiger partial charge in [-0.15, -0.1) is 0 Å². The monoisotopic (exact) mass is 420 g/mol. The van der Waals surface area contributed by atoms with E-state index in [1.807, 2.05) is 62.5 Å². The van der Waals surface area contributed by atoms with E-state index in [2.05, 4.69) is 14.8 Å². The van der Waals surface area contributed by atoms with Gasteiger partial charge in [-0.2, -0.15) is 0 Å². The fourth-order valence-corrected chi connectivity index (χ4v) is 4.14. The quantitative estimate of drug-likeness (QED) is 0.642. The lowest BCUT2D eigenvalue weighted by molar-refractivity contribution is 0.0884. The molecule has 1 saturated heterocycles. The molecule has 2 amide bonds. The van der Waals surface area contributed by atoms with Crippen molar-refractivity contribution in [2.75, 3.05) is 45.2 Å².